The van der Waals surface area contributed by atoms with E-state index in [9.17, 15) is 0 Å². The Morgan fingerprint density at radius 2 is 2.14 bits per heavy atom. The van der Waals surface area contributed by atoms with Gasteiger partial charge in [0.25, 0.3) is 0 Å². The molecule has 3 nitrogen and oxygen atoms in total. The smallest absolute Gasteiger partial charge is 0.170 e. The van der Waals surface area contributed by atoms with E-state index in [0.717, 1.165) is 23.4 Å². The minimum absolute atomic E-state index is 0.732. The molecule has 3 N–H and O–H groups in total. The van der Waals surface area contributed by atoms with Gasteiger partial charge in [0.15, 0.2) is 5.11 Å². The van der Waals surface area contributed by atoms with Crippen LogP contribution in [0.1, 0.15) is 43.7 Å². The number of thiocarbonyl (C=S) groups is 1. The van der Waals surface area contributed by atoms with E-state index in [1.54, 1.807) is 4.90 Å². The molecule has 0 saturated carbocycles. The highest BCUT2D eigenvalue weighted by Gasteiger charge is 2.20. The molecule has 1 aliphatic heterocycles. The summed E-state index contributed by atoms with van der Waals surface area (Å²) in [6.07, 6.45) is 5.36. The third-order valence-corrected chi connectivity index (χ3v) is 5.14. The van der Waals surface area contributed by atoms with Crippen LogP contribution in [0.3, 0.4) is 0 Å². The van der Waals surface area contributed by atoms with Crippen LogP contribution >= 0.6 is 12.2 Å². The van der Waals surface area contributed by atoms with Gasteiger partial charge in [-0.2, -0.15) is 0 Å². The van der Waals surface area contributed by atoms with Gasteiger partial charge in [-0.25, -0.2) is 0 Å². The van der Waals surface area contributed by atoms with E-state index >= 15 is 0 Å². The Hall–Kier alpha value is -1.13. The van der Waals surface area contributed by atoms with Crippen LogP contribution in [0, 0.1) is 13.8 Å². The molecular formula is C18H30N3S+. The summed E-state index contributed by atoms with van der Waals surface area (Å²) >= 11 is 5.40. The number of likely N-dealkylation sites (tertiary alicyclic amines) is 1. The lowest BCUT2D eigenvalue weighted by molar-refractivity contribution is -0.928. The summed E-state index contributed by atoms with van der Waals surface area (Å²) in [5, 5.41) is 7.38. The third-order valence-electron chi connectivity index (χ3n) is 4.90. The molecule has 2 atom stereocenters. The molecule has 0 aromatic heterocycles. The molecule has 1 aliphatic rings. The summed E-state index contributed by atoms with van der Waals surface area (Å²) in [6.45, 7) is 10.2. The fraction of sp³-hybridized carbons (Fsp3) is 0.611. The maximum Gasteiger partial charge on any atom is 0.170 e. The van der Waals surface area contributed by atoms with Crippen LogP contribution in [0.15, 0.2) is 18.2 Å². The first-order valence-corrected chi connectivity index (χ1v) is 8.94. The van der Waals surface area contributed by atoms with Gasteiger partial charge in [-0.1, -0.05) is 12.1 Å². The zero-order chi connectivity index (χ0) is 15.9. The van der Waals surface area contributed by atoms with E-state index in [1.807, 2.05) is 0 Å². The van der Waals surface area contributed by atoms with Crippen LogP contribution in [0.2, 0.25) is 0 Å². The number of piperidine rings is 1. The topological polar surface area (TPSA) is 28.5 Å². The molecule has 1 saturated heterocycles. The Kier molecular flexibility index (Phi) is 6.65. The number of nitrogens with one attached hydrogen (secondary N) is 3. The summed E-state index contributed by atoms with van der Waals surface area (Å²) < 4.78 is 0. The van der Waals surface area contributed by atoms with Crippen molar-refractivity contribution in [2.75, 3.05) is 25.0 Å². The summed E-state index contributed by atoms with van der Waals surface area (Å²) in [5.74, 6) is 0. The molecule has 2 rings (SSSR count). The van der Waals surface area contributed by atoms with Gasteiger partial charge in [0, 0.05) is 18.7 Å². The monoisotopic (exact) mass is 320 g/mol. The molecular weight excluding hydrogens is 290 g/mol. The van der Waals surface area contributed by atoms with Crippen molar-refractivity contribution in [1.29, 1.82) is 0 Å². The van der Waals surface area contributed by atoms with Crippen molar-refractivity contribution in [1.82, 2.24) is 5.32 Å². The van der Waals surface area contributed by atoms with E-state index in [2.05, 4.69) is 49.6 Å². The Morgan fingerprint density at radius 1 is 1.32 bits per heavy atom. The SMILES string of the molecule is Cc1cccc(NC(=S)NCCC[NH+]2CCCC[C@H]2C)c1C. The number of aryl methyl sites for hydroxylation is 1. The van der Waals surface area contributed by atoms with Gasteiger partial charge < -0.3 is 15.5 Å². The second kappa shape index (κ2) is 8.49. The average molecular weight is 321 g/mol. The number of benzene rings is 1. The van der Waals surface area contributed by atoms with E-state index in [0.29, 0.717) is 0 Å². The van der Waals surface area contributed by atoms with Crippen molar-refractivity contribution in [2.24, 2.45) is 0 Å². The van der Waals surface area contributed by atoms with Crippen LogP contribution in [0.4, 0.5) is 5.69 Å². The zero-order valence-electron chi connectivity index (χ0n) is 14.2. The molecule has 0 radical (unpaired) electrons. The van der Waals surface area contributed by atoms with Crippen molar-refractivity contribution < 1.29 is 4.90 Å². The fourth-order valence-electron chi connectivity index (χ4n) is 3.19. The molecule has 0 amide bonds. The van der Waals surface area contributed by atoms with Crippen molar-refractivity contribution in [3.05, 3.63) is 29.3 Å². The standard InChI is InChI=1S/C18H29N3S/c1-14-8-6-10-17(16(14)3)20-18(22)19-11-7-13-21-12-5-4-9-15(21)2/h6,8,10,15H,4-5,7,9,11-13H2,1-3H3,(H2,19,20,22)/p+1/t15-/m1/s1. The van der Waals surface area contributed by atoms with Gasteiger partial charge in [-0.15, -0.1) is 0 Å². The predicted molar refractivity (Wildman–Crippen MR) is 98.8 cm³/mol. The van der Waals surface area contributed by atoms with Gasteiger partial charge in [0.1, 0.15) is 0 Å². The summed E-state index contributed by atoms with van der Waals surface area (Å²) in [7, 11) is 0. The second-order valence-corrected chi connectivity index (χ2v) is 6.95. The molecule has 1 aromatic rings. The molecule has 4 heteroatoms. The normalized spacial score (nSPS) is 21.4. The van der Waals surface area contributed by atoms with Gasteiger partial charge >= 0.3 is 0 Å². The van der Waals surface area contributed by atoms with Gasteiger partial charge in [-0.3, -0.25) is 0 Å². The van der Waals surface area contributed by atoms with Crippen molar-refractivity contribution in [3.8, 4) is 0 Å². The first-order valence-electron chi connectivity index (χ1n) is 8.53. The lowest BCUT2D eigenvalue weighted by Gasteiger charge is -2.30. The molecule has 0 bridgehead atoms. The number of hydrogen-bond acceptors (Lipinski definition) is 1. The molecule has 1 fully saturated rings. The van der Waals surface area contributed by atoms with Crippen LogP contribution in [0.25, 0.3) is 0 Å². The second-order valence-electron chi connectivity index (χ2n) is 6.54. The predicted octanol–water partition coefficient (Wildman–Crippen LogP) is 2.44. The van der Waals surface area contributed by atoms with Crippen molar-refractivity contribution in [2.45, 2.75) is 52.5 Å². The first-order chi connectivity index (χ1) is 10.6. The quantitative estimate of drug-likeness (QED) is 0.575. The minimum atomic E-state index is 0.732. The van der Waals surface area contributed by atoms with Gasteiger partial charge in [0.05, 0.1) is 19.1 Å². The average Bonchev–Trinajstić information content (AvgIpc) is 2.50. The largest absolute Gasteiger partial charge is 0.362 e. The van der Waals surface area contributed by atoms with Crippen LogP contribution in [0.5, 0.6) is 0 Å². The van der Waals surface area contributed by atoms with E-state index < -0.39 is 0 Å². The maximum atomic E-state index is 5.40. The molecule has 1 unspecified atom stereocenters. The van der Waals surface area contributed by atoms with E-state index in [-0.39, 0.29) is 0 Å². The Balaban J connectivity index is 1.68. The summed E-state index contributed by atoms with van der Waals surface area (Å²) in [4.78, 5) is 1.77. The number of quaternary nitrogens is 1. The van der Waals surface area contributed by atoms with Gasteiger partial charge in [-0.05, 0) is 69.4 Å². The molecule has 1 heterocycles. The van der Waals surface area contributed by atoms with Crippen LogP contribution in [-0.4, -0.2) is 30.8 Å². The molecule has 0 spiro atoms. The Morgan fingerprint density at radius 3 is 2.91 bits per heavy atom. The highest BCUT2D eigenvalue weighted by molar-refractivity contribution is 7.80. The molecule has 122 valence electrons. The Labute approximate surface area is 140 Å². The highest BCUT2D eigenvalue weighted by atomic mass is 32.1. The first kappa shape index (κ1) is 17.2. The molecule has 1 aromatic carbocycles. The molecule has 22 heavy (non-hydrogen) atoms. The van der Waals surface area contributed by atoms with Gasteiger partial charge in [0.2, 0.25) is 0 Å². The van der Waals surface area contributed by atoms with Crippen LogP contribution in [-0.2, 0) is 0 Å². The number of anilines is 1. The number of rotatable bonds is 5. The van der Waals surface area contributed by atoms with Crippen LogP contribution < -0.4 is 15.5 Å². The van der Waals surface area contributed by atoms with Crippen molar-refractivity contribution >= 4 is 23.0 Å². The lowest BCUT2D eigenvalue weighted by Crippen LogP contribution is -3.16. The summed E-state index contributed by atoms with van der Waals surface area (Å²) in [5.41, 5.74) is 3.65. The fourth-order valence-corrected chi connectivity index (χ4v) is 3.41. The number of hydrogen-bond donors (Lipinski definition) is 3. The highest BCUT2D eigenvalue weighted by Crippen LogP contribution is 2.17. The maximum absolute atomic E-state index is 5.40. The third kappa shape index (κ3) is 4.96. The summed E-state index contributed by atoms with van der Waals surface area (Å²) in [6, 6.07) is 7.10. The zero-order valence-corrected chi connectivity index (χ0v) is 15.0. The molecule has 0 aliphatic carbocycles. The van der Waals surface area contributed by atoms with E-state index in [1.165, 1.54) is 49.9 Å². The van der Waals surface area contributed by atoms with Crippen molar-refractivity contribution in [3.63, 3.8) is 0 Å². The Bertz CT molecular complexity index is 501. The minimum Gasteiger partial charge on any atom is -0.362 e. The lowest BCUT2D eigenvalue weighted by atomic mass is 10.0. The van der Waals surface area contributed by atoms with E-state index in [4.69, 9.17) is 12.2 Å².